The molecule has 4 aromatic rings. The number of ether oxygens (including phenoxy) is 3. The Balaban J connectivity index is 1.91. The van der Waals surface area contributed by atoms with Gasteiger partial charge in [-0.3, -0.25) is 0 Å². The van der Waals surface area contributed by atoms with E-state index in [1.54, 1.807) is 33.5 Å². The van der Waals surface area contributed by atoms with Crippen LogP contribution in [0.4, 0.5) is 0 Å². The zero-order valence-corrected chi connectivity index (χ0v) is 16.4. The average molecular weight is 388 g/mol. The molecule has 0 aliphatic rings. The molecule has 4 rings (SSSR count). The van der Waals surface area contributed by atoms with Gasteiger partial charge < -0.3 is 18.6 Å². The monoisotopic (exact) mass is 388 g/mol. The van der Waals surface area contributed by atoms with Gasteiger partial charge in [-0.2, -0.15) is 0 Å². The fraction of sp³-hybridized carbons (Fsp3) is 0.125. The quantitative estimate of drug-likeness (QED) is 0.443. The van der Waals surface area contributed by atoms with Crippen LogP contribution in [0.25, 0.3) is 33.2 Å². The first-order valence-electron chi connectivity index (χ1n) is 9.07. The van der Waals surface area contributed by atoms with E-state index in [-0.39, 0.29) is 0 Å². The fourth-order valence-electron chi connectivity index (χ4n) is 3.40. The third kappa shape index (κ3) is 3.55. The van der Waals surface area contributed by atoms with Crippen LogP contribution in [-0.4, -0.2) is 21.3 Å². The number of rotatable bonds is 5. The summed E-state index contributed by atoms with van der Waals surface area (Å²) in [7, 11) is 4.78. The van der Waals surface area contributed by atoms with Crippen molar-refractivity contribution in [3.05, 3.63) is 77.2 Å². The summed E-state index contributed by atoms with van der Waals surface area (Å²) in [5.41, 5.74) is 3.69. The molecule has 3 aromatic carbocycles. The molecule has 0 fully saturated rings. The molecular formula is C24H20O5. The van der Waals surface area contributed by atoms with Gasteiger partial charge in [0.1, 0.15) is 22.8 Å². The van der Waals surface area contributed by atoms with Crippen LogP contribution in [0.1, 0.15) is 0 Å². The van der Waals surface area contributed by atoms with Gasteiger partial charge in [-0.15, -0.1) is 0 Å². The Morgan fingerprint density at radius 1 is 0.690 bits per heavy atom. The van der Waals surface area contributed by atoms with E-state index in [2.05, 4.69) is 0 Å². The Morgan fingerprint density at radius 2 is 1.41 bits per heavy atom. The van der Waals surface area contributed by atoms with E-state index in [0.29, 0.717) is 17.1 Å². The van der Waals surface area contributed by atoms with Gasteiger partial charge in [0.05, 0.1) is 26.7 Å². The summed E-state index contributed by atoms with van der Waals surface area (Å²) >= 11 is 0. The zero-order valence-electron chi connectivity index (χ0n) is 16.4. The summed E-state index contributed by atoms with van der Waals surface area (Å²) in [5.74, 6) is 1.94. The van der Waals surface area contributed by atoms with Gasteiger partial charge in [0.15, 0.2) is 0 Å². The van der Waals surface area contributed by atoms with Crippen molar-refractivity contribution in [3.8, 4) is 39.5 Å². The molecule has 0 bridgehead atoms. The van der Waals surface area contributed by atoms with E-state index in [9.17, 15) is 4.79 Å². The standard InChI is InChI=1S/C24H20O5/c1-26-18-9-7-15(8-10-18)16-5-4-6-17(11-16)20-14-23(25)29-22-13-19(27-2)12-21(28-3)24(20)22/h4-14H,1-3H3. The second-order valence-electron chi connectivity index (χ2n) is 6.49. The SMILES string of the molecule is COc1ccc(-c2cccc(-c3cc(=O)oc4cc(OC)cc(OC)c34)c2)cc1. The lowest BCUT2D eigenvalue weighted by molar-refractivity contribution is 0.396. The molecular weight excluding hydrogens is 368 g/mol. The Morgan fingerprint density at radius 3 is 2.10 bits per heavy atom. The molecule has 0 unspecified atom stereocenters. The third-order valence-corrected chi connectivity index (χ3v) is 4.83. The molecule has 5 heteroatoms. The highest BCUT2D eigenvalue weighted by Gasteiger charge is 2.15. The average Bonchev–Trinajstić information content (AvgIpc) is 2.77. The second kappa shape index (κ2) is 7.72. The van der Waals surface area contributed by atoms with Crippen LogP contribution in [-0.2, 0) is 0 Å². The van der Waals surface area contributed by atoms with Gasteiger partial charge in [-0.1, -0.05) is 30.3 Å². The molecule has 0 saturated heterocycles. The van der Waals surface area contributed by atoms with Crippen LogP contribution < -0.4 is 19.8 Å². The van der Waals surface area contributed by atoms with Crippen LogP contribution in [0.15, 0.2) is 75.9 Å². The minimum absolute atomic E-state index is 0.415. The van der Waals surface area contributed by atoms with E-state index < -0.39 is 5.63 Å². The van der Waals surface area contributed by atoms with Crippen LogP contribution in [0, 0.1) is 0 Å². The van der Waals surface area contributed by atoms with Crippen molar-refractivity contribution in [1.29, 1.82) is 0 Å². The van der Waals surface area contributed by atoms with Gasteiger partial charge in [0, 0.05) is 23.8 Å². The molecule has 29 heavy (non-hydrogen) atoms. The molecule has 0 atom stereocenters. The van der Waals surface area contributed by atoms with Crippen molar-refractivity contribution < 1.29 is 18.6 Å². The molecule has 146 valence electrons. The molecule has 5 nitrogen and oxygen atoms in total. The first-order chi connectivity index (χ1) is 14.1. The minimum atomic E-state index is -0.433. The summed E-state index contributed by atoms with van der Waals surface area (Å²) in [6.45, 7) is 0. The van der Waals surface area contributed by atoms with Crippen LogP contribution in [0.5, 0.6) is 17.2 Å². The predicted molar refractivity (Wildman–Crippen MR) is 113 cm³/mol. The number of benzene rings is 3. The second-order valence-corrected chi connectivity index (χ2v) is 6.49. The Hall–Kier alpha value is -3.73. The zero-order chi connectivity index (χ0) is 20.4. The van der Waals surface area contributed by atoms with E-state index in [1.165, 1.54) is 6.07 Å². The highest BCUT2D eigenvalue weighted by molar-refractivity contribution is 5.99. The normalized spacial score (nSPS) is 10.7. The number of fused-ring (bicyclic) bond motifs is 1. The van der Waals surface area contributed by atoms with Gasteiger partial charge in [0.2, 0.25) is 0 Å². The number of methoxy groups -OCH3 is 3. The third-order valence-electron chi connectivity index (χ3n) is 4.83. The summed E-state index contributed by atoms with van der Waals surface area (Å²) in [6, 6.07) is 20.8. The molecule has 0 N–H and O–H groups in total. The maximum Gasteiger partial charge on any atom is 0.336 e. The lowest BCUT2D eigenvalue weighted by Gasteiger charge is -2.13. The summed E-state index contributed by atoms with van der Waals surface area (Å²) in [6.07, 6.45) is 0. The van der Waals surface area contributed by atoms with Crippen molar-refractivity contribution in [3.63, 3.8) is 0 Å². The highest BCUT2D eigenvalue weighted by Crippen LogP contribution is 2.38. The predicted octanol–water partition coefficient (Wildman–Crippen LogP) is 5.15. The van der Waals surface area contributed by atoms with Crippen LogP contribution in [0.2, 0.25) is 0 Å². The maximum atomic E-state index is 12.2. The van der Waals surface area contributed by atoms with Crippen LogP contribution in [0.3, 0.4) is 0 Å². The first-order valence-corrected chi connectivity index (χ1v) is 9.07. The van der Waals surface area contributed by atoms with Crippen molar-refractivity contribution in [2.45, 2.75) is 0 Å². The highest BCUT2D eigenvalue weighted by atomic mass is 16.5. The maximum absolute atomic E-state index is 12.2. The molecule has 0 spiro atoms. The van der Waals surface area contributed by atoms with E-state index in [0.717, 1.165) is 33.4 Å². The number of hydrogen-bond donors (Lipinski definition) is 0. The van der Waals surface area contributed by atoms with Gasteiger partial charge in [-0.25, -0.2) is 4.79 Å². The molecule has 0 aliphatic heterocycles. The van der Waals surface area contributed by atoms with Crippen LogP contribution >= 0.6 is 0 Å². The largest absolute Gasteiger partial charge is 0.497 e. The lowest BCUT2D eigenvalue weighted by Crippen LogP contribution is -2.00. The molecule has 0 radical (unpaired) electrons. The fourth-order valence-corrected chi connectivity index (χ4v) is 3.40. The van der Waals surface area contributed by atoms with Crippen molar-refractivity contribution >= 4 is 11.0 Å². The number of hydrogen-bond acceptors (Lipinski definition) is 5. The van der Waals surface area contributed by atoms with Crippen molar-refractivity contribution in [2.75, 3.05) is 21.3 Å². The van der Waals surface area contributed by atoms with Gasteiger partial charge in [-0.05, 0) is 34.9 Å². The molecule has 0 aliphatic carbocycles. The Bertz CT molecular complexity index is 1220. The minimum Gasteiger partial charge on any atom is -0.497 e. The molecule has 0 saturated carbocycles. The van der Waals surface area contributed by atoms with Gasteiger partial charge in [0.25, 0.3) is 0 Å². The molecule has 0 amide bonds. The Kier molecular flexibility index (Phi) is 4.96. The van der Waals surface area contributed by atoms with E-state index in [1.807, 2.05) is 48.5 Å². The van der Waals surface area contributed by atoms with E-state index in [4.69, 9.17) is 18.6 Å². The van der Waals surface area contributed by atoms with Crippen molar-refractivity contribution in [2.24, 2.45) is 0 Å². The topological polar surface area (TPSA) is 57.9 Å². The summed E-state index contributed by atoms with van der Waals surface area (Å²) in [4.78, 5) is 12.2. The Labute approximate surface area is 168 Å². The molecule has 1 heterocycles. The van der Waals surface area contributed by atoms with Crippen molar-refractivity contribution in [1.82, 2.24) is 0 Å². The summed E-state index contributed by atoms with van der Waals surface area (Å²) < 4.78 is 21.5. The first kappa shape index (κ1) is 18.6. The summed E-state index contributed by atoms with van der Waals surface area (Å²) in [5, 5.41) is 0.722. The lowest BCUT2D eigenvalue weighted by atomic mass is 9.97. The molecule has 1 aromatic heterocycles. The smallest absolute Gasteiger partial charge is 0.336 e. The van der Waals surface area contributed by atoms with E-state index >= 15 is 0 Å². The van der Waals surface area contributed by atoms with Gasteiger partial charge >= 0.3 is 5.63 Å².